The summed E-state index contributed by atoms with van der Waals surface area (Å²) in [6, 6.07) is 13.2. The largest absolute Gasteiger partial charge is 0.439 e. The van der Waals surface area contributed by atoms with Crippen molar-refractivity contribution in [1.29, 1.82) is 0 Å². The van der Waals surface area contributed by atoms with E-state index in [0.717, 1.165) is 11.4 Å². The molecule has 0 aliphatic carbocycles. The summed E-state index contributed by atoms with van der Waals surface area (Å²) in [5.74, 6) is 1.29. The minimum atomic E-state index is -0.155. The first kappa shape index (κ1) is 13.9. The molecule has 5 heteroatoms. The van der Waals surface area contributed by atoms with E-state index in [9.17, 15) is 5.11 Å². The summed E-state index contributed by atoms with van der Waals surface area (Å²) in [6.45, 7) is 2.00. The van der Waals surface area contributed by atoms with Gasteiger partial charge in [-0.25, -0.2) is 4.98 Å². The molecule has 0 bridgehead atoms. The van der Waals surface area contributed by atoms with Crippen LogP contribution in [0, 0.1) is 5.41 Å². The lowest BCUT2D eigenvalue weighted by Gasteiger charge is -2.40. The zero-order valence-corrected chi connectivity index (χ0v) is 11.7. The van der Waals surface area contributed by atoms with Crippen molar-refractivity contribution in [3.8, 4) is 11.6 Å². The van der Waals surface area contributed by atoms with Gasteiger partial charge in [-0.3, -0.25) is 0 Å². The molecule has 21 heavy (non-hydrogen) atoms. The van der Waals surface area contributed by atoms with Crippen LogP contribution >= 0.6 is 0 Å². The molecule has 0 radical (unpaired) electrons. The van der Waals surface area contributed by atoms with Crippen LogP contribution in [-0.4, -0.2) is 36.5 Å². The normalized spacial score (nSPS) is 16.0. The fraction of sp³-hybridized carbons (Fsp3) is 0.312. The Bertz CT molecular complexity index is 580. The topological polar surface area (TPSA) is 63.6 Å². The number of anilines is 1. The zero-order chi connectivity index (χ0) is 14.5. The highest BCUT2D eigenvalue weighted by atomic mass is 16.5. The summed E-state index contributed by atoms with van der Waals surface area (Å²) in [6.07, 6.45) is 1.69. The number of hydrogen-bond acceptors (Lipinski definition) is 5. The minimum absolute atomic E-state index is 0.129. The second kappa shape index (κ2) is 6.11. The number of aliphatic hydroxyl groups excluding tert-OH is 1. The summed E-state index contributed by atoms with van der Waals surface area (Å²) in [5.41, 5.74) is 0.792. The summed E-state index contributed by atoms with van der Waals surface area (Å²) in [4.78, 5) is 4.13. The maximum Gasteiger partial charge on any atom is 0.219 e. The molecule has 110 valence electrons. The van der Waals surface area contributed by atoms with Crippen molar-refractivity contribution >= 4 is 5.69 Å². The Kier molecular flexibility index (Phi) is 4.03. The highest BCUT2D eigenvalue weighted by Gasteiger charge is 2.37. The van der Waals surface area contributed by atoms with Gasteiger partial charge in [-0.15, -0.1) is 0 Å². The maximum atomic E-state index is 9.41. The van der Waals surface area contributed by atoms with Gasteiger partial charge in [0.25, 0.3) is 0 Å². The van der Waals surface area contributed by atoms with Crippen molar-refractivity contribution in [2.24, 2.45) is 5.41 Å². The van der Waals surface area contributed by atoms with E-state index in [-0.39, 0.29) is 12.0 Å². The fourth-order valence-corrected chi connectivity index (χ4v) is 2.13. The molecule has 1 aliphatic rings. The molecule has 0 unspecified atom stereocenters. The molecular weight excluding hydrogens is 268 g/mol. The summed E-state index contributed by atoms with van der Waals surface area (Å²) in [7, 11) is 0. The first-order chi connectivity index (χ1) is 10.3. The molecule has 5 nitrogen and oxygen atoms in total. The number of ether oxygens (including phenoxy) is 2. The van der Waals surface area contributed by atoms with Gasteiger partial charge in [0.15, 0.2) is 0 Å². The van der Waals surface area contributed by atoms with Gasteiger partial charge in [-0.1, -0.05) is 12.1 Å². The first-order valence-corrected chi connectivity index (χ1v) is 6.91. The molecule has 1 fully saturated rings. The third-order valence-corrected chi connectivity index (χ3v) is 3.51. The zero-order valence-electron chi connectivity index (χ0n) is 11.7. The monoisotopic (exact) mass is 286 g/mol. The Labute approximate surface area is 123 Å². The van der Waals surface area contributed by atoms with Gasteiger partial charge in [0.1, 0.15) is 5.75 Å². The van der Waals surface area contributed by atoms with E-state index in [1.165, 1.54) is 0 Å². The molecule has 0 amide bonds. The summed E-state index contributed by atoms with van der Waals surface area (Å²) < 4.78 is 10.9. The second-order valence-corrected chi connectivity index (χ2v) is 5.30. The molecule has 0 atom stereocenters. The molecular formula is C16H18N2O3. The van der Waals surface area contributed by atoms with Crippen LogP contribution in [0.1, 0.15) is 0 Å². The Morgan fingerprint density at radius 1 is 1.24 bits per heavy atom. The predicted molar refractivity (Wildman–Crippen MR) is 79.6 cm³/mol. The van der Waals surface area contributed by atoms with Crippen molar-refractivity contribution in [3.63, 3.8) is 0 Å². The van der Waals surface area contributed by atoms with Crippen LogP contribution in [0.2, 0.25) is 0 Å². The summed E-state index contributed by atoms with van der Waals surface area (Å²) in [5, 5.41) is 12.7. The van der Waals surface area contributed by atoms with Crippen LogP contribution in [0.4, 0.5) is 5.69 Å². The van der Waals surface area contributed by atoms with E-state index in [1.807, 2.05) is 42.5 Å². The van der Waals surface area contributed by atoms with E-state index in [4.69, 9.17) is 9.47 Å². The number of nitrogens with zero attached hydrogens (tertiary/aromatic N) is 1. The molecule has 2 N–H and O–H groups in total. The maximum absolute atomic E-state index is 9.41. The molecule has 3 rings (SSSR count). The summed E-state index contributed by atoms with van der Waals surface area (Å²) >= 11 is 0. The third-order valence-electron chi connectivity index (χ3n) is 3.51. The smallest absolute Gasteiger partial charge is 0.219 e. The number of aliphatic hydroxyl groups is 1. The lowest BCUT2D eigenvalue weighted by Crippen LogP contribution is -2.50. The lowest BCUT2D eigenvalue weighted by atomic mass is 9.87. The van der Waals surface area contributed by atoms with Crippen molar-refractivity contribution in [3.05, 3.63) is 48.7 Å². The van der Waals surface area contributed by atoms with Crippen molar-refractivity contribution in [1.82, 2.24) is 4.98 Å². The van der Waals surface area contributed by atoms with E-state index in [2.05, 4.69) is 10.3 Å². The van der Waals surface area contributed by atoms with Crippen LogP contribution in [0.25, 0.3) is 0 Å². The highest BCUT2D eigenvalue weighted by molar-refractivity contribution is 5.49. The standard InChI is InChI=1S/C16H18N2O3/c19-10-16(11-20-12-16)9-18-13-4-3-5-14(8-13)21-15-6-1-2-7-17-15/h1-8,18-19H,9-12H2. The molecule has 1 saturated heterocycles. The van der Waals surface area contributed by atoms with Gasteiger partial charge in [0, 0.05) is 30.6 Å². The van der Waals surface area contributed by atoms with Crippen molar-refractivity contribution < 1.29 is 14.6 Å². The van der Waals surface area contributed by atoms with Crippen molar-refractivity contribution in [2.75, 3.05) is 31.7 Å². The van der Waals surface area contributed by atoms with Crippen LogP contribution < -0.4 is 10.1 Å². The Hall–Kier alpha value is -2.11. The minimum Gasteiger partial charge on any atom is -0.439 e. The van der Waals surface area contributed by atoms with E-state index >= 15 is 0 Å². The van der Waals surface area contributed by atoms with Gasteiger partial charge in [-0.2, -0.15) is 0 Å². The average molecular weight is 286 g/mol. The Balaban J connectivity index is 1.63. The van der Waals surface area contributed by atoms with Crippen molar-refractivity contribution in [2.45, 2.75) is 0 Å². The SMILES string of the molecule is OCC1(CNc2cccc(Oc3ccccn3)c2)COC1. The van der Waals surface area contributed by atoms with E-state index in [1.54, 1.807) is 6.20 Å². The van der Waals surface area contributed by atoms with Crippen LogP contribution in [0.5, 0.6) is 11.6 Å². The number of pyridine rings is 1. The number of aromatic nitrogens is 1. The molecule has 1 aliphatic heterocycles. The fourth-order valence-electron chi connectivity index (χ4n) is 2.13. The van der Waals surface area contributed by atoms with Gasteiger partial charge in [0.2, 0.25) is 5.88 Å². The van der Waals surface area contributed by atoms with Gasteiger partial charge in [-0.05, 0) is 18.2 Å². The van der Waals surface area contributed by atoms with Crippen LogP contribution in [0.15, 0.2) is 48.7 Å². The van der Waals surface area contributed by atoms with Gasteiger partial charge >= 0.3 is 0 Å². The number of nitrogens with one attached hydrogen (secondary N) is 1. The van der Waals surface area contributed by atoms with E-state index < -0.39 is 0 Å². The number of hydrogen-bond donors (Lipinski definition) is 2. The molecule has 1 aromatic carbocycles. The molecule has 0 saturated carbocycles. The molecule has 1 aromatic heterocycles. The molecule has 0 spiro atoms. The van der Waals surface area contributed by atoms with Gasteiger partial charge in [0.05, 0.1) is 25.2 Å². The average Bonchev–Trinajstić information content (AvgIpc) is 2.48. The molecule has 2 aromatic rings. The van der Waals surface area contributed by atoms with Crippen LogP contribution in [-0.2, 0) is 4.74 Å². The molecule has 2 heterocycles. The lowest BCUT2D eigenvalue weighted by molar-refractivity contribution is -0.128. The highest BCUT2D eigenvalue weighted by Crippen LogP contribution is 2.28. The number of benzene rings is 1. The Morgan fingerprint density at radius 2 is 2.14 bits per heavy atom. The van der Waals surface area contributed by atoms with E-state index in [0.29, 0.717) is 25.6 Å². The Morgan fingerprint density at radius 3 is 2.81 bits per heavy atom. The predicted octanol–water partition coefficient (Wildman–Crippen LogP) is 2.29. The second-order valence-electron chi connectivity index (χ2n) is 5.30. The third kappa shape index (κ3) is 3.32. The number of rotatable bonds is 6. The quantitative estimate of drug-likeness (QED) is 0.853. The first-order valence-electron chi connectivity index (χ1n) is 6.91. The van der Waals surface area contributed by atoms with Gasteiger partial charge < -0.3 is 19.9 Å². The van der Waals surface area contributed by atoms with Crippen LogP contribution in [0.3, 0.4) is 0 Å².